The van der Waals surface area contributed by atoms with Crippen LogP contribution in [0.4, 0.5) is 23.2 Å². The molecule has 9 heteroatoms. The minimum atomic E-state index is -4.51. The van der Waals surface area contributed by atoms with Crippen molar-refractivity contribution in [2.24, 2.45) is 5.92 Å². The number of ether oxygens (including phenoxy) is 1. The van der Waals surface area contributed by atoms with Gasteiger partial charge in [-0.1, -0.05) is 25.4 Å². The van der Waals surface area contributed by atoms with E-state index in [0.717, 1.165) is 36.4 Å². The van der Waals surface area contributed by atoms with Gasteiger partial charge < -0.3 is 10.1 Å². The molecule has 0 heterocycles. The second-order valence-corrected chi connectivity index (χ2v) is 6.27. The summed E-state index contributed by atoms with van der Waals surface area (Å²) in [5.41, 5.74) is -1.05. The Morgan fingerprint density at radius 3 is 2.22 bits per heavy atom. The Labute approximate surface area is 157 Å². The van der Waals surface area contributed by atoms with Gasteiger partial charge in [0.1, 0.15) is 11.6 Å². The van der Waals surface area contributed by atoms with Crippen molar-refractivity contribution in [2.75, 3.05) is 5.32 Å². The minimum Gasteiger partial charge on any atom is -0.425 e. The predicted molar refractivity (Wildman–Crippen MR) is 91.3 cm³/mol. The van der Waals surface area contributed by atoms with Gasteiger partial charge in [-0.25, -0.2) is 4.39 Å². The van der Waals surface area contributed by atoms with Gasteiger partial charge in [-0.2, -0.15) is 13.2 Å². The highest BCUT2D eigenvalue weighted by atomic mass is 35.5. The molecule has 4 nitrogen and oxygen atoms in total. The van der Waals surface area contributed by atoms with Crippen LogP contribution in [0.1, 0.15) is 29.8 Å². The Hall–Kier alpha value is -2.61. The zero-order valence-corrected chi connectivity index (χ0v) is 14.9. The number of benzene rings is 2. The van der Waals surface area contributed by atoms with Gasteiger partial charge in [-0.3, -0.25) is 9.59 Å². The average molecular weight is 404 g/mol. The molecule has 0 spiro atoms. The molecule has 0 aliphatic heterocycles. The van der Waals surface area contributed by atoms with E-state index in [2.05, 4.69) is 5.32 Å². The third kappa shape index (κ3) is 5.19. The summed E-state index contributed by atoms with van der Waals surface area (Å²) in [5.74, 6) is -3.30. The van der Waals surface area contributed by atoms with Crippen LogP contribution in [0.25, 0.3) is 0 Å². The third-order valence-corrected chi connectivity index (χ3v) is 3.71. The van der Waals surface area contributed by atoms with E-state index in [-0.39, 0.29) is 22.0 Å². The summed E-state index contributed by atoms with van der Waals surface area (Å²) in [4.78, 5) is 24.2. The largest absolute Gasteiger partial charge is 0.425 e. The summed E-state index contributed by atoms with van der Waals surface area (Å²) in [6, 6.07) is 5.49. The minimum absolute atomic E-state index is 0.0644. The number of alkyl halides is 3. The molecule has 0 saturated heterocycles. The fourth-order valence-electron chi connectivity index (χ4n) is 1.96. The topological polar surface area (TPSA) is 55.4 Å². The van der Waals surface area contributed by atoms with Gasteiger partial charge in [0, 0.05) is 11.8 Å². The maximum atomic E-state index is 13.7. The summed E-state index contributed by atoms with van der Waals surface area (Å²) in [7, 11) is 0. The SMILES string of the molecule is CC(C)C(=O)Oc1cc(F)c(Cl)cc1C(=O)Nc1ccc(C(F)(F)F)cc1. The molecule has 27 heavy (non-hydrogen) atoms. The van der Waals surface area contributed by atoms with E-state index >= 15 is 0 Å². The van der Waals surface area contributed by atoms with Crippen LogP contribution in [0.3, 0.4) is 0 Å². The number of carbonyl (C=O) groups is 2. The summed E-state index contributed by atoms with van der Waals surface area (Å²) in [6.45, 7) is 3.10. The molecule has 0 bridgehead atoms. The number of hydrogen-bond acceptors (Lipinski definition) is 3. The molecule has 0 aromatic heterocycles. The van der Waals surface area contributed by atoms with Crippen molar-refractivity contribution in [3.05, 3.63) is 58.4 Å². The lowest BCUT2D eigenvalue weighted by atomic mass is 10.1. The van der Waals surface area contributed by atoms with Crippen LogP contribution in [-0.4, -0.2) is 11.9 Å². The first kappa shape index (κ1) is 20.7. The van der Waals surface area contributed by atoms with Gasteiger partial charge in [-0.05, 0) is 30.3 Å². The first-order valence-electron chi connectivity index (χ1n) is 7.68. The zero-order chi connectivity index (χ0) is 20.4. The predicted octanol–water partition coefficient (Wildman–Crippen LogP) is 5.31. The first-order chi connectivity index (χ1) is 12.5. The van der Waals surface area contributed by atoms with E-state index in [9.17, 15) is 27.2 Å². The summed E-state index contributed by atoms with van der Waals surface area (Å²) in [5, 5.41) is 1.97. The van der Waals surface area contributed by atoms with Crippen LogP contribution < -0.4 is 10.1 Å². The Kier molecular flexibility index (Phi) is 6.10. The Morgan fingerprint density at radius 1 is 1.11 bits per heavy atom. The Morgan fingerprint density at radius 2 is 1.70 bits per heavy atom. The van der Waals surface area contributed by atoms with Crippen molar-refractivity contribution in [1.82, 2.24) is 0 Å². The van der Waals surface area contributed by atoms with Crippen molar-refractivity contribution in [1.29, 1.82) is 0 Å². The molecule has 2 aromatic carbocycles. The van der Waals surface area contributed by atoms with E-state index in [1.807, 2.05) is 0 Å². The van der Waals surface area contributed by atoms with Gasteiger partial charge in [-0.15, -0.1) is 0 Å². The summed E-state index contributed by atoms with van der Waals surface area (Å²) < 4.78 is 56.5. The number of rotatable bonds is 4. The smallest absolute Gasteiger partial charge is 0.416 e. The number of carbonyl (C=O) groups excluding carboxylic acids is 2. The van der Waals surface area contributed by atoms with Gasteiger partial charge in [0.2, 0.25) is 0 Å². The quantitative estimate of drug-likeness (QED) is 0.427. The van der Waals surface area contributed by atoms with Gasteiger partial charge in [0.15, 0.2) is 0 Å². The fourth-order valence-corrected chi connectivity index (χ4v) is 2.12. The number of hydrogen-bond donors (Lipinski definition) is 1. The van der Waals surface area contributed by atoms with E-state index in [0.29, 0.717) is 0 Å². The number of halogens is 5. The van der Waals surface area contributed by atoms with E-state index in [4.69, 9.17) is 16.3 Å². The Bertz CT molecular complexity index is 864. The van der Waals surface area contributed by atoms with E-state index in [1.54, 1.807) is 13.8 Å². The van der Waals surface area contributed by atoms with Crippen LogP contribution in [-0.2, 0) is 11.0 Å². The Balaban J connectivity index is 2.29. The van der Waals surface area contributed by atoms with Crippen LogP contribution >= 0.6 is 11.6 Å². The molecule has 0 atom stereocenters. The summed E-state index contributed by atoms with van der Waals surface area (Å²) in [6.07, 6.45) is -4.51. The molecule has 0 aliphatic carbocycles. The first-order valence-corrected chi connectivity index (χ1v) is 8.06. The van der Waals surface area contributed by atoms with Crippen LogP contribution in [0, 0.1) is 11.7 Å². The molecule has 0 saturated carbocycles. The molecule has 2 aromatic rings. The lowest BCUT2D eigenvalue weighted by Gasteiger charge is -2.13. The highest BCUT2D eigenvalue weighted by molar-refractivity contribution is 6.31. The average Bonchev–Trinajstić information content (AvgIpc) is 2.57. The highest BCUT2D eigenvalue weighted by Crippen LogP contribution is 2.31. The zero-order valence-electron chi connectivity index (χ0n) is 14.2. The lowest BCUT2D eigenvalue weighted by molar-refractivity contribution is -0.138. The lowest BCUT2D eigenvalue weighted by Crippen LogP contribution is -2.19. The van der Waals surface area contributed by atoms with Crippen molar-refractivity contribution < 1.29 is 31.9 Å². The maximum Gasteiger partial charge on any atom is 0.416 e. The molecule has 1 amide bonds. The standard InChI is InChI=1S/C18H14ClF4NO3/c1-9(2)17(26)27-15-8-14(20)13(19)7-12(15)16(25)24-11-5-3-10(4-6-11)18(21,22)23/h3-9H,1-2H3,(H,24,25). The van der Waals surface area contributed by atoms with Gasteiger partial charge >= 0.3 is 12.1 Å². The van der Waals surface area contributed by atoms with Crippen molar-refractivity contribution in [2.45, 2.75) is 20.0 Å². The second-order valence-electron chi connectivity index (χ2n) is 5.87. The normalized spacial score (nSPS) is 11.4. The summed E-state index contributed by atoms with van der Waals surface area (Å²) >= 11 is 5.68. The molecule has 144 valence electrons. The molecule has 0 unspecified atom stereocenters. The number of anilines is 1. The fraction of sp³-hybridized carbons (Fsp3) is 0.222. The molecule has 2 rings (SSSR count). The number of amides is 1. The molecule has 0 radical (unpaired) electrons. The van der Waals surface area contributed by atoms with Crippen molar-refractivity contribution in [3.8, 4) is 5.75 Å². The van der Waals surface area contributed by atoms with Crippen LogP contribution in [0.2, 0.25) is 5.02 Å². The molecular weight excluding hydrogens is 390 g/mol. The van der Waals surface area contributed by atoms with Crippen molar-refractivity contribution in [3.63, 3.8) is 0 Å². The van der Waals surface area contributed by atoms with Crippen LogP contribution in [0.15, 0.2) is 36.4 Å². The van der Waals surface area contributed by atoms with Crippen LogP contribution in [0.5, 0.6) is 5.75 Å². The van der Waals surface area contributed by atoms with Crippen molar-refractivity contribution >= 4 is 29.2 Å². The molecule has 1 N–H and O–H groups in total. The highest BCUT2D eigenvalue weighted by Gasteiger charge is 2.30. The van der Waals surface area contributed by atoms with Gasteiger partial charge in [0.25, 0.3) is 5.91 Å². The van der Waals surface area contributed by atoms with E-state index < -0.39 is 35.4 Å². The number of nitrogens with one attached hydrogen (secondary N) is 1. The maximum absolute atomic E-state index is 13.7. The van der Waals surface area contributed by atoms with E-state index in [1.165, 1.54) is 0 Å². The van der Waals surface area contributed by atoms with Gasteiger partial charge in [0.05, 0.1) is 22.1 Å². The third-order valence-electron chi connectivity index (χ3n) is 3.42. The number of esters is 1. The molecule has 0 fully saturated rings. The second kappa shape index (κ2) is 7.96. The molecule has 0 aliphatic rings. The molecular formula is C18H14ClF4NO3. The monoisotopic (exact) mass is 403 g/mol.